The van der Waals surface area contributed by atoms with Crippen LogP contribution >= 0.6 is 0 Å². The third-order valence-corrected chi connectivity index (χ3v) is 4.35. The van der Waals surface area contributed by atoms with Gasteiger partial charge in [-0.3, -0.25) is 9.48 Å². The molecule has 0 aliphatic carbocycles. The smallest absolute Gasteiger partial charge is 0.220 e. The number of carbonyl (C=O) groups excluding carboxylic acids is 1. The lowest BCUT2D eigenvalue weighted by molar-refractivity contribution is -0.122. The van der Waals surface area contributed by atoms with Crippen LogP contribution in [0.15, 0.2) is 42.7 Å². The van der Waals surface area contributed by atoms with Gasteiger partial charge in [-0.1, -0.05) is 37.3 Å². The Bertz CT molecular complexity index is 653. The number of rotatable bonds is 5. The number of aryl methyl sites for hydroxylation is 1. The van der Waals surface area contributed by atoms with E-state index in [0.29, 0.717) is 13.0 Å². The van der Waals surface area contributed by atoms with Gasteiger partial charge in [-0.05, 0) is 17.9 Å². The number of benzene rings is 1. The van der Waals surface area contributed by atoms with Crippen molar-refractivity contribution in [2.75, 3.05) is 6.61 Å². The van der Waals surface area contributed by atoms with Gasteiger partial charge in [0.25, 0.3) is 0 Å². The molecule has 23 heavy (non-hydrogen) atoms. The van der Waals surface area contributed by atoms with E-state index in [0.717, 1.165) is 12.0 Å². The number of ether oxygens (including phenoxy) is 1. The van der Waals surface area contributed by atoms with Crippen LogP contribution in [0, 0.1) is 0 Å². The normalized spacial score (nSPS) is 22.0. The monoisotopic (exact) mass is 313 g/mol. The minimum Gasteiger partial charge on any atom is -0.371 e. The third-order valence-electron chi connectivity index (χ3n) is 4.35. The summed E-state index contributed by atoms with van der Waals surface area (Å²) in [5.41, 5.74) is 2.21. The Hall–Kier alpha value is -2.14. The maximum absolute atomic E-state index is 12.4. The lowest BCUT2D eigenvalue weighted by Crippen LogP contribution is -2.37. The fraction of sp³-hybridized carbons (Fsp3) is 0.444. The summed E-state index contributed by atoms with van der Waals surface area (Å²) in [6.45, 7) is 2.75. The van der Waals surface area contributed by atoms with Gasteiger partial charge in [-0.15, -0.1) is 0 Å². The molecule has 2 aromatic rings. The zero-order valence-electron chi connectivity index (χ0n) is 13.6. The third kappa shape index (κ3) is 3.79. The van der Waals surface area contributed by atoms with Crippen LogP contribution in [0.2, 0.25) is 0 Å². The number of hydrogen-bond acceptors (Lipinski definition) is 3. The number of amides is 1. The Morgan fingerprint density at radius 2 is 2.22 bits per heavy atom. The number of nitrogens with one attached hydrogen (secondary N) is 1. The van der Waals surface area contributed by atoms with Gasteiger partial charge in [0.1, 0.15) is 6.10 Å². The standard InChI is InChI=1S/C18H23N3O2/c1-13(14-6-4-3-5-7-14)10-17(22)20-16-8-9-23-18(16)15-11-19-21(2)12-15/h3-7,11-13,16,18H,8-10H2,1-2H3,(H,20,22)/t13-,16-,18+/m0/s1. The van der Waals surface area contributed by atoms with E-state index in [-0.39, 0.29) is 24.0 Å². The maximum Gasteiger partial charge on any atom is 0.220 e. The van der Waals surface area contributed by atoms with E-state index in [1.165, 1.54) is 5.56 Å². The highest BCUT2D eigenvalue weighted by Gasteiger charge is 2.32. The molecule has 5 nitrogen and oxygen atoms in total. The molecule has 1 aromatic heterocycles. The molecule has 2 heterocycles. The van der Waals surface area contributed by atoms with E-state index in [2.05, 4.69) is 29.5 Å². The largest absolute Gasteiger partial charge is 0.371 e. The molecule has 0 radical (unpaired) electrons. The van der Waals surface area contributed by atoms with Crippen molar-refractivity contribution in [3.05, 3.63) is 53.9 Å². The highest BCUT2D eigenvalue weighted by Crippen LogP contribution is 2.29. The minimum atomic E-state index is -0.0975. The van der Waals surface area contributed by atoms with Crippen LogP contribution in [0.4, 0.5) is 0 Å². The van der Waals surface area contributed by atoms with E-state index in [9.17, 15) is 4.79 Å². The van der Waals surface area contributed by atoms with Gasteiger partial charge in [-0.2, -0.15) is 5.10 Å². The van der Waals surface area contributed by atoms with Crippen molar-refractivity contribution in [2.24, 2.45) is 7.05 Å². The van der Waals surface area contributed by atoms with Crippen molar-refractivity contribution in [3.8, 4) is 0 Å². The molecule has 122 valence electrons. The Morgan fingerprint density at radius 1 is 1.43 bits per heavy atom. The molecular weight excluding hydrogens is 290 g/mol. The van der Waals surface area contributed by atoms with Gasteiger partial charge in [0.2, 0.25) is 5.91 Å². The average molecular weight is 313 g/mol. The summed E-state index contributed by atoms with van der Waals surface area (Å²) in [4.78, 5) is 12.4. The predicted molar refractivity (Wildman–Crippen MR) is 87.9 cm³/mol. The van der Waals surface area contributed by atoms with Crippen molar-refractivity contribution in [1.82, 2.24) is 15.1 Å². The zero-order chi connectivity index (χ0) is 16.2. The SMILES string of the molecule is C[C@@H](CC(=O)N[C@H]1CCO[C@@H]1c1cnn(C)c1)c1ccccc1. The lowest BCUT2D eigenvalue weighted by atomic mass is 9.97. The number of hydrogen-bond donors (Lipinski definition) is 1. The fourth-order valence-corrected chi connectivity index (χ4v) is 3.10. The second-order valence-corrected chi connectivity index (χ2v) is 6.22. The Balaban J connectivity index is 1.59. The Morgan fingerprint density at radius 3 is 2.91 bits per heavy atom. The molecule has 0 bridgehead atoms. The second-order valence-electron chi connectivity index (χ2n) is 6.22. The predicted octanol–water partition coefficient (Wildman–Crippen LogP) is 2.56. The zero-order valence-corrected chi connectivity index (χ0v) is 13.6. The van der Waals surface area contributed by atoms with Gasteiger partial charge in [-0.25, -0.2) is 0 Å². The molecule has 1 N–H and O–H groups in total. The highest BCUT2D eigenvalue weighted by molar-refractivity contribution is 5.77. The first-order valence-corrected chi connectivity index (χ1v) is 8.08. The van der Waals surface area contributed by atoms with Crippen LogP contribution in [0.1, 0.15) is 42.9 Å². The van der Waals surface area contributed by atoms with Gasteiger partial charge < -0.3 is 10.1 Å². The minimum absolute atomic E-state index is 0.0228. The second kappa shape index (κ2) is 6.96. The summed E-state index contributed by atoms with van der Waals surface area (Å²) in [6.07, 6.45) is 4.98. The number of nitrogens with zero attached hydrogens (tertiary/aromatic N) is 2. The van der Waals surface area contributed by atoms with Gasteiger partial charge >= 0.3 is 0 Å². The van der Waals surface area contributed by atoms with E-state index >= 15 is 0 Å². The summed E-state index contributed by atoms with van der Waals surface area (Å²) >= 11 is 0. The Kier molecular flexibility index (Phi) is 4.76. The number of carbonyl (C=O) groups is 1. The highest BCUT2D eigenvalue weighted by atomic mass is 16.5. The van der Waals surface area contributed by atoms with E-state index in [4.69, 9.17) is 4.74 Å². The molecule has 3 rings (SSSR count). The number of aromatic nitrogens is 2. The molecule has 0 spiro atoms. The van der Waals surface area contributed by atoms with Crippen LogP contribution in [-0.2, 0) is 16.6 Å². The van der Waals surface area contributed by atoms with Gasteiger partial charge in [0.15, 0.2) is 0 Å². The molecule has 1 aliphatic rings. The Labute approximate surface area is 136 Å². The molecule has 1 fully saturated rings. The lowest BCUT2D eigenvalue weighted by Gasteiger charge is -2.20. The van der Waals surface area contributed by atoms with E-state index in [1.807, 2.05) is 37.6 Å². The van der Waals surface area contributed by atoms with E-state index in [1.54, 1.807) is 4.68 Å². The van der Waals surface area contributed by atoms with Crippen LogP contribution in [0.5, 0.6) is 0 Å². The van der Waals surface area contributed by atoms with Crippen molar-refractivity contribution in [2.45, 2.75) is 37.8 Å². The molecule has 0 saturated carbocycles. The van der Waals surface area contributed by atoms with Crippen molar-refractivity contribution in [3.63, 3.8) is 0 Å². The van der Waals surface area contributed by atoms with Crippen molar-refractivity contribution < 1.29 is 9.53 Å². The topological polar surface area (TPSA) is 56.1 Å². The molecular formula is C18H23N3O2. The maximum atomic E-state index is 12.4. The molecule has 1 aliphatic heterocycles. The van der Waals surface area contributed by atoms with Crippen LogP contribution < -0.4 is 5.32 Å². The summed E-state index contributed by atoms with van der Waals surface area (Å²) < 4.78 is 7.54. The molecule has 1 saturated heterocycles. The summed E-state index contributed by atoms with van der Waals surface area (Å²) in [7, 11) is 1.88. The molecule has 0 unspecified atom stereocenters. The van der Waals surface area contributed by atoms with Crippen LogP contribution in [0.25, 0.3) is 0 Å². The first-order chi connectivity index (χ1) is 11.1. The first kappa shape index (κ1) is 15.7. The average Bonchev–Trinajstić information content (AvgIpc) is 3.16. The van der Waals surface area contributed by atoms with Gasteiger partial charge in [0.05, 0.1) is 12.2 Å². The van der Waals surface area contributed by atoms with E-state index < -0.39 is 0 Å². The van der Waals surface area contributed by atoms with Crippen molar-refractivity contribution in [1.29, 1.82) is 0 Å². The van der Waals surface area contributed by atoms with Gasteiger partial charge in [0, 0.05) is 31.8 Å². The molecule has 3 atom stereocenters. The summed E-state index contributed by atoms with van der Waals surface area (Å²) in [5, 5.41) is 7.32. The van der Waals surface area contributed by atoms with Crippen LogP contribution in [0.3, 0.4) is 0 Å². The van der Waals surface area contributed by atoms with Crippen LogP contribution in [-0.4, -0.2) is 28.3 Å². The first-order valence-electron chi connectivity index (χ1n) is 8.08. The quantitative estimate of drug-likeness (QED) is 0.923. The fourth-order valence-electron chi connectivity index (χ4n) is 3.10. The molecule has 5 heteroatoms. The summed E-state index contributed by atoms with van der Waals surface area (Å²) in [6, 6.07) is 10.2. The summed E-state index contributed by atoms with van der Waals surface area (Å²) in [5.74, 6) is 0.279. The molecule has 1 aromatic carbocycles. The van der Waals surface area contributed by atoms with Crippen molar-refractivity contribution >= 4 is 5.91 Å². The molecule has 1 amide bonds.